The van der Waals surface area contributed by atoms with Gasteiger partial charge in [0.25, 0.3) is 0 Å². The van der Waals surface area contributed by atoms with E-state index < -0.39 is 55.2 Å². The second-order valence-electron chi connectivity index (χ2n) is 4.15. The molecular formula is C9H17NO8. The summed E-state index contributed by atoms with van der Waals surface area (Å²) in [6, 6.07) is -1.73. The Balaban J connectivity index is 2.84. The number of nitrogens with two attached hydrogens (primary N) is 1. The molecule has 0 aromatic carbocycles. The molecule has 8 N–H and O–H groups in total. The van der Waals surface area contributed by atoms with E-state index in [0.717, 1.165) is 0 Å². The molecule has 1 saturated heterocycles. The lowest BCUT2D eigenvalue weighted by Crippen LogP contribution is -2.64. The van der Waals surface area contributed by atoms with Crippen LogP contribution in [0.1, 0.15) is 0 Å². The van der Waals surface area contributed by atoms with Crippen LogP contribution in [0, 0.1) is 0 Å². The van der Waals surface area contributed by atoms with E-state index in [2.05, 4.69) is 0 Å². The van der Waals surface area contributed by atoms with E-state index in [-0.39, 0.29) is 0 Å². The second-order valence-corrected chi connectivity index (χ2v) is 4.15. The van der Waals surface area contributed by atoms with E-state index in [1.54, 1.807) is 0 Å². The van der Waals surface area contributed by atoms with Gasteiger partial charge in [0.05, 0.1) is 6.61 Å². The molecule has 0 aromatic heterocycles. The molecule has 0 bridgehead atoms. The van der Waals surface area contributed by atoms with Gasteiger partial charge < -0.3 is 41.1 Å². The molecule has 1 heterocycles. The van der Waals surface area contributed by atoms with Gasteiger partial charge in [-0.2, -0.15) is 0 Å². The van der Waals surface area contributed by atoms with Crippen LogP contribution in [0.3, 0.4) is 0 Å². The maximum absolute atomic E-state index is 10.6. The van der Waals surface area contributed by atoms with E-state index >= 15 is 0 Å². The number of aliphatic hydroxyl groups is 5. The van der Waals surface area contributed by atoms with Crippen molar-refractivity contribution in [1.82, 2.24) is 0 Å². The molecule has 0 amide bonds. The Morgan fingerprint density at radius 3 is 2.22 bits per heavy atom. The first-order chi connectivity index (χ1) is 8.31. The Labute approximate surface area is 102 Å². The summed E-state index contributed by atoms with van der Waals surface area (Å²) in [7, 11) is 0. The van der Waals surface area contributed by atoms with Crippen LogP contribution in [-0.4, -0.2) is 85.9 Å². The third-order valence-electron chi connectivity index (χ3n) is 2.92. The first-order valence-corrected chi connectivity index (χ1v) is 5.28. The average molecular weight is 267 g/mol. The summed E-state index contributed by atoms with van der Waals surface area (Å²) in [5, 5.41) is 55.7. The van der Waals surface area contributed by atoms with Gasteiger partial charge in [-0.1, -0.05) is 0 Å². The smallest absolute Gasteiger partial charge is 0.323 e. The quantitative estimate of drug-likeness (QED) is 0.265. The molecule has 9 heteroatoms. The highest BCUT2D eigenvalue weighted by Crippen LogP contribution is 2.24. The molecular weight excluding hydrogens is 250 g/mol. The molecule has 7 atom stereocenters. The Morgan fingerprint density at radius 1 is 1.22 bits per heavy atom. The highest BCUT2D eigenvalue weighted by Gasteiger charge is 2.48. The summed E-state index contributed by atoms with van der Waals surface area (Å²) in [4.78, 5) is 10.6. The van der Waals surface area contributed by atoms with Crippen LogP contribution < -0.4 is 5.73 Å². The minimum Gasteiger partial charge on any atom is -0.480 e. The van der Waals surface area contributed by atoms with E-state index in [1.807, 2.05) is 0 Å². The molecule has 0 aliphatic carbocycles. The van der Waals surface area contributed by atoms with Crippen LogP contribution in [0.5, 0.6) is 0 Å². The van der Waals surface area contributed by atoms with E-state index in [4.69, 9.17) is 20.7 Å². The molecule has 1 fully saturated rings. The van der Waals surface area contributed by atoms with Crippen molar-refractivity contribution in [3.05, 3.63) is 0 Å². The van der Waals surface area contributed by atoms with Gasteiger partial charge in [-0.15, -0.1) is 0 Å². The van der Waals surface area contributed by atoms with Crippen molar-refractivity contribution in [2.24, 2.45) is 5.73 Å². The lowest BCUT2D eigenvalue weighted by molar-refractivity contribution is -0.250. The molecule has 0 aromatic rings. The number of aliphatic hydroxyl groups excluding tert-OH is 5. The molecule has 0 saturated carbocycles. The van der Waals surface area contributed by atoms with E-state index in [9.17, 15) is 25.2 Å². The Bertz CT molecular complexity index is 298. The number of ether oxygens (including phenoxy) is 1. The van der Waals surface area contributed by atoms with Crippen LogP contribution in [0.4, 0.5) is 0 Å². The monoisotopic (exact) mass is 267 g/mol. The summed E-state index contributed by atoms with van der Waals surface area (Å²) >= 11 is 0. The van der Waals surface area contributed by atoms with Gasteiger partial charge in [-0.25, -0.2) is 0 Å². The minimum absolute atomic E-state index is 0.670. The molecule has 18 heavy (non-hydrogen) atoms. The van der Waals surface area contributed by atoms with Crippen molar-refractivity contribution in [2.45, 2.75) is 42.7 Å². The highest BCUT2D eigenvalue weighted by atomic mass is 16.6. The summed E-state index contributed by atoms with van der Waals surface area (Å²) < 4.78 is 4.96. The molecule has 1 rings (SSSR count). The van der Waals surface area contributed by atoms with Crippen LogP contribution in [0.25, 0.3) is 0 Å². The third-order valence-corrected chi connectivity index (χ3v) is 2.92. The number of rotatable bonds is 4. The summed E-state index contributed by atoms with van der Waals surface area (Å²) in [5.74, 6) is -1.51. The van der Waals surface area contributed by atoms with Gasteiger partial charge in [0.15, 0.2) is 0 Å². The Kier molecular flexibility index (Phi) is 4.99. The standard InChI is InChI=1S/C9H17NO8/c10-3(9(16)17)5(13)8-7(15)6(14)4(12)2(1-11)18-8/h2-8,11-15H,1,10H2,(H,16,17)/t2-,3+,4+,5?,6+,7-,8?/m1/s1. The fourth-order valence-corrected chi connectivity index (χ4v) is 1.76. The number of carboxylic acids is 1. The van der Waals surface area contributed by atoms with Crippen LogP contribution >= 0.6 is 0 Å². The maximum Gasteiger partial charge on any atom is 0.323 e. The Morgan fingerprint density at radius 2 is 1.78 bits per heavy atom. The Hall–Kier alpha value is -0.810. The minimum atomic E-state index is -1.80. The summed E-state index contributed by atoms with van der Waals surface area (Å²) in [6.45, 7) is -0.670. The molecule has 2 unspecified atom stereocenters. The molecule has 106 valence electrons. The lowest BCUT2D eigenvalue weighted by Gasteiger charge is -2.42. The van der Waals surface area contributed by atoms with Crippen molar-refractivity contribution in [3.63, 3.8) is 0 Å². The maximum atomic E-state index is 10.6. The van der Waals surface area contributed by atoms with Crippen molar-refractivity contribution >= 4 is 5.97 Å². The topological polar surface area (TPSA) is 174 Å². The summed E-state index contributed by atoms with van der Waals surface area (Å²) in [5.41, 5.74) is 5.17. The van der Waals surface area contributed by atoms with Gasteiger partial charge in [0.2, 0.25) is 0 Å². The van der Waals surface area contributed by atoms with Crippen LogP contribution in [0.2, 0.25) is 0 Å². The zero-order valence-electron chi connectivity index (χ0n) is 9.33. The first-order valence-electron chi connectivity index (χ1n) is 5.28. The lowest BCUT2D eigenvalue weighted by atomic mass is 9.90. The molecule has 1 aliphatic rings. The SMILES string of the molecule is N[C@H](C(=O)O)C(O)C1O[C@H](CO)[C@H](O)[C@H](O)[C@H]1O. The highest BCUT2D eigenvalue weighted by molar-refractivity contribution is 5.74. The predicted octanol–water partition coefficient (Wildman–Crippen LogP) is -4.40. The average Bonchev–Trinajstić information content (AvgIpc) is 2.34. The van der Waals surface area contributed by atoms with Gasteiger partial charge in [-0.05, 0) is 0 Å². The van der Waals surface area contributed by atoms with Crippen molar-refractivity contribution in [3.8, 4) is 0 Å². The normalized spacial score (nSPS) is 40.2. The number of aliphatic carboxylic acids is 1. The molecule has 1 aliphatic heterocycles. The van der Waals surface area contributed by atoms with Crippen LogP contribution in [-0.2, 0) is 9.53 Å². The number of hydrogen-bond donors (Lipinski definition) is 7. The van der Waals surface area contributed by atoms with Gasteiger partial charge in [-0.3, -0.25) is 4.79 Å². The van der Waals surface area contributed by atoms with Gasteiger partial charge in [0, 0.05) is 0 Å². The fraction of sp³-hybridized carbons (Fsp3) is 0.889. The predicted molar refractivity (Wildman–Crippen MR) is 55.4 cm³/mol. The number of carboxylic acid groups (broad SMARTS) is 1. The summed E-state index contributed by atoms with van der Waals surface area (Å²) in [6.07, 6.45) is -9.52. The van der Waals surface area contributed by atoms with E-state index in [1.165, 1.54) is 0 Å². The zero-order valence-corrected chi connectivity index (χ0v) is 9.33. The largest absolute Gasteiger partial charge is 0.480 e. The fourth-order valence-electron chi connectivity index (χ4n) is 1.76. The number of carbonyl (C=O) groups is 1. The van der Waals surface area contributed by atoms with Crippen molar-refractivity contribution < 1.29 is 40.2 Å². The van der Waals surface area contributed by atoms with Crippen molar-refractivity contribution in [2.75, 3.05) is 6.61 Å². The van der Waals surface area contributed by atoms with Gasteiger partial charge in [0.1, 0.15) is 42.7 Å². The number of hydrogen-bond acceptors (Lipinski definition) is 8. The third kappa shape index (κ3) is 2.78. The zero-order chi connectivity index (χ0) is 14.0. The first kappa shape index (κ1) is 15.2. The molecule has 0 spiro atoms. The van der Waals surface area contributed by atoms with Crippen LogP contribution in [0.15, 0.2) is 0 Å². The second kappa shape index (κ2) is 5.89. The molecule has 9 nitrogen and oxygen atoms in total. The molecule has 0 radical (unpaired) electrons. The van der Waals surface area contributed by atoms with Crippen molar-refractivity contribution in [1.29, 1.82) is 0 Å². The van der Waals surface area contributed by atoms with Gasteiger partial charge >= 0.3 is 5.97 Å². The van der Waals surface area contributed by atoms with E-state index in [0.29, 0.717) is 0 Å².